The van der Waals surface area contributed by atoms with Crippen molar-refractivity contribution in [1.82, 2.24) is 9.80 Å². The van der Waals surface area contributed by atoms with Gasteiger partial charge >= 0.3 is 43.7 Å². The summed E-state index contributed by atoms with van der Waals surface area (Å²) in [5.41, 5.74) is 0. The number of hydrogen-bond donors (Lipinski definition) is 2. The second-order valence-corrected chi connectivity index (χ2v) is 6.53. The third kappa shape index (κ3) is 10.6. The van der Waals surface area contributed by atoms with Crippen LogP contribution in [0.4, 0.5) is 0 Å². The van der Waals surface area contributed by atoms with Crippen molar-refractivity contribution in [2.24, 2.45) is 0 Å². The average Bonchev–Trinajstić information content (AvgIpc) is 2.57. The minimum Gasteiger partial charge on any atom is -0.548 e. The Hall–Kier alpha value is -0.450. The predicted molar refractivity (Wildman–Crippen MR) is 95.6 cm³/mol. The largest absolute Gasteiger partial charge is 2.00 e. The maximum absolute atomic E-state index is 11.2. The molecule has 152 valence electrons. The fourth-order valence-corrected chi connectivity index (χ4v) is 2.64. The van der Waals surface area contributed by atoms with Crippen LogP contribution in [-0.2, 0) is 14.4 Å². The molecule has 0 heterocycles. The first-order chi connectivity index (χ1) is 12.0. The second-order valence-electron chi connectivity index (χ2n) is 6.53. The Morgan fingerprint density at radius 2 is 1.48 bits per heavy atom. The van der Waals surface area contributed by atoms with Gasteiger partial charge in [0, 0.05) is 31.7 Å². The SMILES string of the molecule is CCCCC(O)CN(CCN(C(C)C(=O)[O-])C(C)C(=O)O)C(C)C(=O)[O-].[Ca+2]. The number of aliphatic carboxylic acids is 3. The number of carbonyl (C=O) groups excluding carboxylic acids is 2. The summed E-state index contributed by atoms with van der Waals surface area (Å²) in [6, 6.07) is -3.26. The molecule has 0 aromatic heterocycles. The van der Waals surface area contributed by atoms with Gasteiger partial charge in [-0.3, -0.25) is 14.6 Å². The molecule has 0 aliphatic heterocycles. The van der Waals surface area contributed by atoms with E-state index in [4.69, 9.17) is 0 Å². The van der Waals surface area contributed by atoms with Crippen molar-refractivity contribution >= 4 is 55.6 Å². The molecular weight excluding hydrogens is 384 g/mol. The molecule has 0 amide bonds. The van der Waals surface area contributed by atoms with Crippen LogP contribution in [0.3, 0.4) is 0 Å². The molecule has 0 bridgehead atoms. The number of rotatable bonds is 14. The van der Waals surface area contributed by atoms with Crippen LogP contribution in [0, 0.1) is 0 Å². The number of carbonyl (C=O) groups is 3. The summed E-state index contributed by atoms with van der Waals surface area (Å²) in [6.07, 6.45) is 1.46. The molecule has 4 unspecified atom stereocenters. The van der Waals surface area contributed by atoms with E-state index in [1.165, 1.54) is 30.6 Å². The summed E-state index contributed by atoms with van der Waals surface area (Å²) >= 11 is 0. The molecule has 2 N–H and O–H groups in total. The number of aliphatic hydroxyl groups excluding tert-OH is 1. The van der Waals surface area contributed by atoms with Crippen molar-refractivity contribution in [2.45, 2.75) is 71.2 Å². The molecule has 0 rings (SSSR count). The molecule has 27 heavy (non-hydrogen) atoms. The van der Waals surface area contributed by atoms with E-state index in [1.807, 2.05) is 6.92 Å². The van der Waals surface area contributed by atoms with Crippen molar-refractivity contribution in [1.29, 1.82) is 0 Å². The zero-order chi connectivity index (χ0) is 20.4. The van der Waals surface area contributed by atoms with Crippen LogP contribution in [0.1, 0.15) is 47.0 Å². The summed E-state index contributed by atoms with van der Waals surface area (Å²) < 4.78 is 0. The van der Waals surface area contributed by atoms with Crippen LogP contribution >= 0.6 is 0 Å². The van der Waals surface area contributed by atoms with Gasteiger partial charge in [-0.2, -0.15) is 0 Å². The third-order valence-electron chi connectivity index (χ3n) is 4.56. The monoisotopic (exact) mass is 414 g/mol. The van der Waals surface area contributed by atoms with Gasteiger partial charge in [0.25, 0.3) is 0 Å². The van der Waals surface area contributed by atoms with Crippen molar-refractivity contribution in [2.75, 3.05) is 19.6 Å². The molecule has 10 heteroatoms. The van der Waals surface area contributed by atoms with Gasteiger partial charge in [0.2, 0.25) is 0 Å². The first kappa shape index (κ1) is 28.8. The number of unbranched alkanes of at least 4 members (excludes halogenated alkanes) is 1. The molecule has 0 aliphatic carbocycles. The number of nitrogens with zero attached hydrogens (tertiary/aromatic N) is 2. The first-order valence-electron chi connectivity index (χ1n) is 8.85. The number of carboxylic acids is 3. The van der Waals surface area contributed by atoms with E-state index in [1.54, 1.807) is 0 Å². The Bertz CT molecular complexity index is 458. The first-order valence-corrected chi connectivity index (χ1v) is 8.85. The Morgan fingerprint density at radius 3 is 1.89 bits per heavy atom. The van der Waals surface area contributed by atoms with Gasteiger partial charge in [0.15, 0.2) is 0 Å². The quantitative estimate of drug-likeness (QED) is 0.295. The van der Waals surface area contributed by atoms with Gasteiger partial charge in [-0.25, -0.2) is 0 Å². The van der Waals surface area contributed by atoms with Crippen LogP contribution in [-0.4, -0.2) is 120 Å². The van der Waals surface area contributed by atoms with Crippen LogP contribution in [0.25, 0.3) is 0 Å². The van der Waals surface area contributed by atoms with E-state index >= 15 is 0 Å². The van der Waals surface area contributed by atoms with Crippen LogP contribution in [0.2, 0.25) is 0 Å². The maximum atomic E-state index is 11.2. The van der Waals surface area contributed by atoms with Crippen molar-refractivity contribution in [3.05, 3.63) is 0 Å². The molecule has 0 aliphatic rings. The number of aliphatic hydroxyl groups is 1. The minimum absolute atomic E-state index is 0. The fraction of sp³-hybridized carbons (Fsp3) is 0.824. The molecule has 0 aromatic carbocycles. The predicted octanol–water partition coefficient (Wildman–Crippen LogP) is -2.49. The summed E-state index contributed by atoms with van der Waals surface area (Å²) in [6.45, 7) is 6.18. The molecule has 4 atom stereocenters. The molecule has 0 radical (unpaired) electrons. The Morgan fingerprint density at radius 1 is 0.963 bits per heavy atom. The minimum atomic E-state index is -1.42. The maximum Gasteiger partial charge on any atom is 2.00 e. The van der Waals surface area contributed by atoms with E-state index < -0.39 is 42.1 Å². The summed E-state index contributed by atoms with van der Waals surface area (Å²) in [5.74, 6) is -3.93. The van der Waals surface area contributed by atoms with Crippen molar-refractivity contribution in [3.8, 4) is 0 Å². The van der Waals surface area contributed by atoms with E-state index in [9.17, 15) is 34.8 Å². The van der Waals surface area contributed by atoms with Crippen molar-refractivity contribution in [3.63, 3.8) is 0 Å². The van der Waals surface area contributed by atoms with Crippen LogP contribution in [0.5, 0.6) is 0 Å². The zero-order valence-electron chi connectivity index (χ0n) is 16.6. The summed E-state index contributed by atoms with van der Waals surface area (Å²) in [5, 5.41) is 41.6. The van der Waals surface area contributed by atoms with Gasteiger partial charge in [-0.1, -0.05) is 19.8 Å². The van der Waals surface area contributed by atoms with Gasteiger partial charge in [-0.15, -0.1) is 0 Å². The van der Waals surface area contributed by atoms with E-state index in [0.717, 1.165) is 12.8 Å². The molecule has 0 saturated carbocycles. The molecule has 0 aromatic rings. The third-order valence-corrected chi connectivity index (χ3v) is 4.56. The normalized spacial score (nSPS) is 15.7. The molecule has 9 nitrogen and oxygen atoms in total. The second kappa shape index (κ2) is 14.5. The van der Waals surface area contributed by atoms with E-state index in [0.29, 0.717) is 6.42 Å². The van der Waals surface area contributed by atoms with Crippen molar-refractivity contribution < 1.29 is 34.8 Å². The summed E-state index contributed by atoms with van der Waals surface area (Å²) in [4.78, 5) is 36.3. The molecule has 0 fully saturated rings. The zero-order valence-corrected chi connectivity index (χ0v) is 18.8. The number of hydrogen-bond acceptors (Lipinski definition) is 8. The summed E-state index contributed by atoms with van der Waals surface area (Å²) in [7, 11) is 0. The fourth-order valence-electron chi connectivity index (χ4n) is 2.64. The molecular formula is C17H30CaN2O7. The standard InChI is InChI=1S/C17H32N2O7.Ca/c1-5-6-7-14(20)10-18(11(2)15(21)22)8-9-19(12(3)16(23)24)13(4)17(25)26;/h11-14,20H,5-10H2,1-4H3,(H,21,22)(H,23,24)(H,25,26);/q;+2/p-2. The number of carboxylic acid groups (broad SMARTS) is 3. The Labute approximate surface area is 190 Å². The topological polar surface area (TPSA) is 144 Å². The molecule has 0 saturated heterocycles. The van der Waals surface area contributed by atoms with Gasteiger partial charge in [0.05, 0.1) is 18.0 Å². The average molecular weight is 415 g/mol. The van der Waals surface area contributed by atoms with Gasteiger partial charge < -0.3 is 30.0 Å². The van der Waals surface area contributed by atoms with Crippen LogP contribution < -0.4 is 10.2 Å². The van der Waals surface area contributed by atoms with Gasteiger partial charge in [0.1, 0.15) is 6.04 Å². The van der Waals surface area contributed by atoms with Gasteiger partial charge in [-0.05, 0) is 27.2 Å². The van der Waals surface area contributed by atoms with E-state index in [-0.39, 0.29) is 57.4 Å². The Kier molecular flexibility index (Phi) is 15.5. The molecule has 0 spiro atoms. The van der Waals surface area contributed by atoms with Crippen LogP contribution in [0.15, 0.2) is 0 Å². The Balaban J connectivity index is 0. The smallest absolute Gasteiger partial charge is 0.548 e. The van der Waals surface area contributed by atoms with E-state index in [2.05, 4.69) is 0 Å².